The standard InChI is InChI=1S/C22H27N3O4/c1-4-5-6-20(26)23-18-10-8-17(9-11-18)22(28)25-24-21(27)14-29-19-12-7-15(2)16(3)13-19/h7-13H,4-6,14H2,1-3H3,(H,23,26)(H,24,27)(H,25,28). The summed E-state index contributed by atoms with van der Waals surface area (Å²) >= 11 is 0. The van der Waals surface area contributed by atoms with E-state index in [1.807, 2.05) is 32.9 Å². The van der Waals surface area contributed by atoms with Crippen LogP contribution in [0.1, 0.15) is 47.7 Å². The highest BCUT2D eigenvalue weighted by atomic mass is 16.5. The van der Waals surface area contributed by atoms with Crippen LogP contribution in [-0.4, -0.2) is 24.3 Å². The van der Waals surface area contributed by atoms with Crippen LogP contribution in [0, 0.1) is 13.8 Å². The minimum atomic E-state index is -0.476. The molecule has 0 aliphatic carbocycles. The first-order valence-corrected chi connectivity index (χ1v) is 9.58. The fourth-order valence-corrected chi connectivity index (χ4v) is 2.45. The average Bonchev–Trinajstić information content (AvgIpc) is 2.71. The molecule has 2 aromatic rings. The van der Waals surface area contributed by atoms with E-state index in [9.17, 15) is 14.4 Å². The predicted molar refractivity (Wildman–Crippen MR) is 112 cm³/mol. The van der Waals surface area contributed by atoms with E-state index < -0.39 is 11.8 Å². The van der Waals surface area contributed by atoms with Crippen LogP contribution in [0.2, 0.25) is 0 Å². The molecular formula is C22H27N3O4. The Bertz CT molecular complexity index is 863. The van der Waals surface area contributed by atoms with Crippen molar-refractivity contribution in [1.29, 1.82) is 0 Å². The maximum atomic E-state index is 12.1. The van der Waals surface area contributed by atoms with Crippen LogP contribution >= 0.6 is 0 Å². The summed E-state index contributed by atoms with van der Waals surface area (Å²) in [6, 6.07) is 12.0. The number of hydrazine groups is 1. The van der Waals surface area contributed by atoms with E-state index in [2.05, 4.69) is 16.2 Å². The highest BCUT2D eigenvalue weighted by molar-refractivity contribution is 5.96. The Hall–Kier alpha value is -3.35. The van der Waals surface area contributed by atoms with E-state index in [1.54, 1.807) is 30.3 Å². The molecule has 3 amide bonds. The predicted octanol–water partition coefficient (Wildman–Crippen LogP) is 3.27. The van der Waals surface area contributed by atoms with Crippen LogP contribution in [0.25, 0.3) is 0 Å². The Balaban J connectivity index is 1.77. The van der Waals surface area contributed by atoms with Crippen LogP contribution in [0.15, 0.2) is 42.5 Å². The zero-order valence-electron chi connectivity index (χ0n) is 17.0. The van der Waals surface area contributed by atoms with Gasteiger partial charge in [-0.25, -0.2) is 0 Å². The number of anilines is 1. The van der Waals surface area contributed by atoms with Crippen molar-refractivity contribution in [1.82, 2.24) is 10.9 Å². The molecule has 7 nitrogen and oxygen atoms in total. The molecule has 0 saturated carbocycles. The van der Waals surface area contributed by atoms with Gasteiger partial charge in [0.1, 0.15) is 5.75 Å². The van der Waals surface area contributed by atoms with Crippen molar-refractivity contribution in [2.45, 2.75) is 40.0 Å². The van der Waals surface area contributed by atoms with Gasteiger partial charge in [0.15, 0.2) is 6.61 Å². The molecule has 0 heterocycles. The molecule has 0 atom stereocenters. The van der Waals surface area contributed by atoms with Crippen molar-refractivity contribution >= 4 is 23.4 Å². The minimum absolute atomic E-state index is 0.0555. The van der Waals surface area contributed by atoms with E-state index in [0.29, 0.717) is 23.4 Å². The fraction of sp³-hybridized carbons (Fsp3) is 0.318. The molecule has 0 aromatic heterocycles. The molecule has 7 heteroatoms. The number of nitrogens with one attached hydrogen (secondary N) is 3. The second kappa shape index (κ2) is 10.8. The Kier molecular flexibility index (Phi) is 8.21. The molecule has 154 valence electrons. The monoisotopic (exact) mass is 397 g/mol. The van der Waals surface area contributed by atoms with Crippen LogP contribution in [0.4, 0.5) is 5.69 Å². The van der Waals surface area contributed by atoms with Gasteiger partial charge in [0.2, 0.25) is 5.91 Å². The zero-order valence-corrected chi connectivity index (χ0v) is 17.0. The van der Waals surface area contributed by atoms with Crippen molar-refractivity contribution in [2.75, 3.05) is 11.9 Å². The number of unbranched alkanes of at least 4 members (excludes halogenated alkanes) is 1. The number of amides is 3. The summed E-state index contributed by atoms with van der Waals surface area (Å²) in [6.07, 6.45) is 2.25. The maximum Gasteiger partial charge on any atom is 0.276 e. The van der Waals surface area contributed by atoms with Gasteiger partial charge in [-0.2, -0.15) is 0 Å². The number of rotatable bonds is 8. The Morgan fingerprint density at radius 1 is 0.897 bits per heavy atom. The molecule has 2 rings (SSSR count). The first-order chi connectivity index (χ1) is 13.9. The molecule has 0 aliphatic heterocycles. The van der Waals surface area contributed by atoms with Crippen molar-refractivity contribution in [3.63, 3.8) is 0 Å². The normalized spacial score (nSPS) is 10.2. The first kappa shape index (κ1) is 21.9. The van der Waals surface area contributed by atoms with E-state index >= 15 is 0 Å². The van der Waals surface area contributed by atoms with Gasteiger partial charge in [-0.1, -0.05) is 19.4 Å². The summed E-state index contributed by atoms with van der Waals surface area (Å²) in [5.74, 6) is -0.406. The average molecular weight is 397 g/mol. The highest BCUT2D eigenvalue weighted by Crippen LogP contribution is 2.16. The number of carbonyl (C=O) groups is 3. The van der Waals surface area contributed by atoms with Gasteiger partial charge >= 0.3 is 0 Å². The molecular weight excluding hydrogens is 370 g/mol. The Morgan fingerprint density at radius 2 is 1.62 bits per heavy atom. The molecule has 0 unspecified atom stereocenters. The SMILES string of the molecule is CCCCC(=O)Nc1ccc(C(=O)NNC(=O)COc2ccc(C)c(C)c2)cc1. The van der Waals surface area contributed by atoms with E-state index in [0.717, 1.165) is 24.0 Å². The van der Waals surface area contributed by atoms with E-state index in [1.165, 1.54) is 0 Å². The van der Waals surface area contributed by atoms with Crippen molar-refractivity contribution in [2.24, 2.45) is 0 Å². The number of benzene rings is 2. The lowest BCUT2D eigenvalue weighted by Gasteiger charge is -2.10. The number of carbonyl (C=O) groups excluding carboxylic acids is 3. The fourth-order valence-electron chi connectivity index (χ4n) is 2.45. The first-order valence-electron chi connectivity index (χ1n) is 9.58. The third-order valence-electron chi connectivity index (χ3n) is 4.35. The molecule has 0 aliphatic rings. The van der Waals surface area contributed by atoms with Gasteiger partial charge < -0.3 is 10.1 Å². The smallest absolute Gasteiger partial charge is 0.276 e. The lowest BCUT2D eigenvalue weighted by molar-refractivity contribution is -0.123. The van der Waals surface area contributed by atoms with Crippen LogP contribution < -0.4 is 20.9 Å². The topological polar surface area (TPSA) is 96.5 Å². The Morgan fingerprint density at radius 3 is 2.28 bits per heavy atom. The molecule has 3 N–H and O–H groups in total. The quantitative estimate of drug-likeness (QED) is 0.596. The Labute approximate surface area is 170 Å². The number of hydrogen-bond acceptors (Lipinski definition) is 4. The molecule has 29 heavy (non-hydrogen) atoms. The summed E-state index contributed by atoms with van der Waals surface area (Å²) in [4.78, 5) is 35.7. The maximum absolute atomic E-state index is 12.1. The van der Waals surface area contributed by atoms with Crippen molar-refractivity contribution < 1.29 is 19.1 Å². The van der Waals surface area contributed by atoms with Crippen molar-refractivity contribution in [3.8, 4) is 5.75 Å². The molecule has 0 fully saturated rings. The van der Waals surface area contributed by atoms with Crippen LogP contribution in [0.5, 0.6) is 5.75 Å². The van der Waals surface area contributed by atoms with Gasteiger partial charge in [0, 0.05) is 17.7 Å². The summed E-state index contributed by atoms with van der Waals surface area (Å²) in [6.45, 7) is 5.76. The summed E-state index contributed by atoms with van der Waals surface area (Å²) in [7, 11) is 0. The lowest BCUT2D eigenvalue weighted by atomic mass is 10.1. The molecule has 0 radical (unpaired) electrons. The van der Waals surface area contributed by atoms with Gasteiger partial charge in [-0.05, 0) is 67.8 Å². The van der Waals surface area contributed by atoms with Gasteiger partial charge in [-0.15, -0.1) is 0 Å². The summed E-state index contributed by atoms with van der Waals surface area (Å²) < 4.78 is 5.42. The van der Waals surface area contributed by atoms with E-state index in [4.69, 9.17) is 4.74 Å². The summed E-state index contributed by atoms with van der Waals surface area (Å²) in [5.41, 5.74) is 7.83. The third-order valence-corrected chi connectivity index (χ3v) is 4.35. The molecule has 0 saturated heterocycles. The summed E-state index contributed by atoms with van der Waals surface area (Å²) in [5, 5.41) is 2.78. The largest absolute Gasteiger partial charge is 0.484 e. The zero-order chi connectivity index (χ0) is 21.2. The van der Waals surface area contributed by atoms with E-state index in [-0.39, 0.29) is 12.5 Å². The number of aryl methyl sites for hydroxylation is 2. The second-order valence-electron chi connectivity index (χ2n) is 6.77. The third kappa shape index (κ3) is 7.29. The second-order valence-corrected chi connectivity index (χ2v) is 6.77. The lowest BCUT2D eigenvalue weighted by Crippen LogP contribution is -2.43. The molecule has 0 bridgehead atoms. The number of ether oxygens (including phenoxy) is 1. The molecule has 2 aromatic carbocycles. The minimum Gasteiger partial charge on any atom is -0.484 e. The van der Waals surface area contributed by atoms with Gasteiger partial charge in [-0.3, -0.25) is 25.2 Å². The van der Waals surface area contributed by atoms with Gasteiger partial charge in [0.25, 0.3) is 11.8 Å². The van der Waals surface area contributed by atoms with Crippen LogP contribution in [0.3, 0.4) is 0 Å². The van der Waals surface area contributed by atoms with Crippen LogP contribution in [-0.2, 0) is 9.59 Å². The molecule has 0 spiro atoms. The highest BCUT2D eigenvalue weighted by Gasteiger charge is 2.09. The number of hydrogen-bond donors (Lipinski definition) is 3. The van der Waals surface area contributed by atoms with Gasteiger partial charge in [0.05, 0.1) is 0 Å². The van der Waals surface area contributed by atoms with Crippen molar-refractivity contribution in [3.05, 3.63) is 59.2 Å².